The summed E-state index contributed by atoms with van der Waals surface area (Å²) in [6.07, 6.45) is 3.33. The first-order valence-corrected chi connectivity index (χ1v) is 10.7. The Morgan fingerprint density at radius 2 is 1.90 bits per heavy atom. The number of carbonyl (C=O) groups excluding carboxylic acids is 1. The van der Waals surface area contributed by atoms with Crippen LogP contribution in [0.25, 0.3) is 23.0 Å². The largest absolute Gasteiger partial charge is 0.497 e. The van der Waals surface area contributed by atoms with Gasteiger partial charge in [-0.2, -0.15) is 4.98 Å². The Morgan fingerprint density at radius 1 is 1.10 bits per heavy atom. The topological polar surface area (TPSA) is 103 Å². The molecule has 0 aliphatic rings. The molecule has 0 unspecified atom stereocenters. The fourth-order valence-electron chi connectivity index (χ4n) is 2.75. The average molecular weight is 436 g/mol. The van der Waals surface area contributed by atoms with Gasteiger partial charge in [-0.15, -0.1) is 11.8 Å². The van der Waals surface area contributed by atoms with E-state index in [0.717, 1.165) is 22.6 Å². The van der Waals surface area contributed by atoms with Crippen molar-refractivity contribution in [3.8, 4) is 28.8 Å². The summed E-state index contributed by atoms with van der Waals surface area (Å²) in [5, 5.41) is 6.88. The maximum atomic E-state index is 12.1. The van der Waals surface area contributed by atoms with E-state index >= 15 is 0 Å². The van der Waals surface area contributed by atoms with Gasteiger partial charge in [-0.05, 0) is 42.0 Å². The number of ether oxygens (including phenoxy) is 1. The van der Waals surface area contributed by atoms with Crippen LogP contribution in [0.15, 0.2) is 69.9 Å². The van der Waals surface area contributed by atoms with Gasteiger partial charge in [-0.1, -0.05) is 17.3 Å². The van der Waals surface area contributed by atoms with E-state index in [2.05, 4.69) is 20.4 Å². The van der Waals surface area contributed by atoms with Gasteiger partial charge in [0.1, 0.15) is 11.5 Å². The second kappa shape index (κ2) is 9.94. The molecule has 0 saturated carbocycles. The van der Waals surface area contributed by atoms with E-state index in [-0.39, 0.29) is 5.91 Å². The number of nitrogens with zero attached hydrogens (tertiary/aromatic N) is 3. The summed E-state index contributed by atoms with van der Waals surface area (Å²) in [6, 6.07) is 14.8. The van der Waals surface area contributed by atoms with E-state index in [0.29, 0.717) is 35.5 Å². The smallest absolute Gasteiger partial charge is 0.293 e. The normalized spacial score (nSPS) is 10.7. The fourth-order valence-corrected chi connectivity index (χ4v) is 3.50. The van der Waals surface area contributed by atoms with Gasteiger partial charge in [0.15, 0.2) is 5.76 Å². The zero-order chi connectivity index (χ0) is 21.5. The first-order chi connectivity index (χ1) is 15.2. The lowest BCUT2D eigenvalue weighted by Crippen LogP contribution is -2.24. The van der Waals surface area contributed by atoms with Crippen LogP contribution in [-0.4, -0.2) is 33.9 Å². The summed E-state index contributed by atoms with van der Waals surface area (Å²) in [7, 11) is 1.62. The van der Waals surface area contributed by atoms with Gasteiger partial charge in [0.2, 0.25) is 11.7 Å². The Balaban J connectivity index is 1.24. The maximum Gasteiger partial charge on any atom is 0.293 e. The number of furan rings is 1. The lowest BCUT2D eigenvalue weighted by Gasteiger charge is -2.06. The number of pyridine rings is 1. The number of nitrogens with one attached hydrogen (secondary N) is 1. The molecule has 1 aromatic carbocycles. The first kappa shape index (κ1) is 20.7. The summed E-state index contributed by atoms with van der Waals surface area (Å²) in [5.41, 5.74) is 1.83. The van der Waals surface area contributed by atoms with E-state index in [1.807, 2.05) is 30.3 Å². The van der Waals surface area contributed by atoms with Crippen LogP contribution in [-0.2, 0) is 17.1 Å². The minimum Gasteiger partial charge on any atom is -0.497 e. The molecule has 0 saturated heterocycles. The zero-order valence-corrected chi connectivity index (χ0v) is 17.6. The standard InChI is InChI=1S/C22H20N4O4S/c1-28-17-4-2-15(3-5-17)12-24-20(27)14-31-13-18-6-7-19(29-18)22-25-21(26-30-22)16-8-10-23-11-9-16/h2-11H,12-14H2,1H3,(H,24,27). The molecule has 0 atom stereocenters. The van der Waals surface area contributed by atoms with Crippen molar-refractivity contribution in [1.29, 1.82) is 0 Å². The number of aromatic nitrogens is 3. The van der Waals surface area contributed by atoms with Gasteiger partial charge in [-0.3, -0.25) is 9.78 Å². The average Bonchev–Trinajstić information content (AvgIpc) is 3.48. The Kier molecular flexibility index (Phi) is 6.63. The molecule has 31 heavy (non-hydrogen) atoms. The summed E-state index contributed by atoms with van der Waals surface area (Å²) in [4.78, 5) is 20.4. The van der Waals surface area contributed by atoms with Crippen molar-refractivity contribution < 1.29 is 18.5 Å². The van der Waals surface area contributed by atoms with Crippen LogP contribution in [0.5, 0.6) is 5.75 Å². The number of rotatable bonds is 9. The zero-order valence-electron chi connectivity index (χ0n) is 16.8. The van der Waals surface area contributed by atoms with Gasteiger partial charge in [0, 0.05) is 24.5 Å². The highest BCUT2D eigenvalue weighted by atomic mass is 32.2. The Labute approximate surface area is 183 Å². The summed E-state index contributed by atoms with van der Waals surface area (Å²) < 4.78 is 16.2. The highest BCUT2D eigenvalue weighted by Crippen LogP contribution is 2.25. The molecule has 158 valence electrons. The lowest BCUT2D eigenvalue weighted by atomic mass is 10.2. The van der Waals surface area contributed by atoms with Crippen LogP contribution >= 0.6 is 11.8 Å². The van der Waals surface area contributed by atoms with Crippen LogP contribution in [0.2, 0.25) is 0 Å². The van der Waals surface area contributed by atoms with E-state index < -0.39 is 0 Å². The van der Waals surface area contributed by atoms with E-state index in [1.165, 1.54) is 11.8 Å². The Bertz CT molecular complexity index is 1130. The molecule has 1 amide bonds. The third kappa shape index (κ3) is 5.52. The molecular formula is C22H20N4O4S. The van der Waals surface area contributed by atoms with Crippen molar-refractivity contribution in [2.45, 2.75) is 12.3 Å². The predicted molar refractivity (Wildman–Crippen MR) is 116 cm³/mol. The summed E-state index contributed by atoms with van der Waals surface area (Å²) in [6.45, 7) is 0.477. The number of amides is 1. The quantitative estimate of drug-likeness (QED) is 0.421. The molecule has 1 N–H and O–H groups in total. The second-order valence-corrected chi connectivity index (χ2v) is 7.53. The number of methoxy groups -OCH3 is 1. The molecule has 0 aliphatic carbocycles. The predicted octanol–water partition coefficient (Wildman–Crippen LogP) is 3.95. The molecule has 0 fully saturated rings. The monoisotopic (exact) mass is 436 g/mol. The minimum absolute atomic E-state index is 0.0357. The van der Waals surface area contributed by atoms with Gasteiger partial charge in [0.05, 0.1) is 18.6 Å². The number of benzene rings is 1. The molecular weight excluding hydrogens is 416 g/mol. The third-order valence-corrected chi connectivity index (χ3v) is 5.32. The molecule has 9 heteroatoms. The second-order valence-electron chi connectivity index (χ2n) is 6.54. The highest BCUT2D eigenvalue weighted by molar-refractivity contribution is 7.99. The van der Waals surface area contributed by atoms with Gasteiger partial charge in [-0.25, -0.2) is 0 Å². The van der Waals surface area contributed by atoms with Crippen molar-refractivity contribution in [2.75, 3.05) is 12.9 Å². The van der Waals surface area contributed by atoms with Crippen LogP contribution in [0.3, 0.4) is 0 Å². The number of carbonyl (C=O) groups is 1. The molecule has 3 heterocycles. The van der Waals surface area contributed by atoms with E-state index in [9.17, 15) is 4.79 Å². The lowest BCUT2D eigenvalue weighted by molar-refractivity contribution is -0.118. The third-order valence-electron chi connectivity index (χ3n) is 4.36. The minimum atomic E-state index is -0.0357. The Morgan fingerprint density at radius 3 is 2.68 bits per heavy atom. The number of thioether (sulfide) groups is 1. The molecule has 0 aliphatic heterocycles. The van der Waals surface area contributed by atoms with Crippen molar-refractivity contribution in [1.82, 2.24) is 20.4 Å². The van der Waals surface area contributed by atoms with E-state index in [1.54, 1.807) is 37.7 Å². The summed E-state index contributed by atoms with van der Waals surface area (Å²) in [5.74, 6) is 3.64. The number of hydrogen-bond acceptors (Lipinski definition) is 8. The van der Waals surface area contributed by atoms with Gasteiger partial charge >= 0.3 is 0 Å². The number of hydrogen-bond donors (Lipinski definition) is 1. The van der Waals surface area contributed by atoms with Crippen LogP contribution in [0, 0.1) is 0 Å². The Hall–Kier alpha value is -3.59. The van der Waals surface area contributed by atoms with E-state index in [4.69, 9.17) is 13.7 Å². The van der Waals surface area contributed by atoms with Crippen LogP contribution in [0.1, 0.15) is 11.3 Å². The molecule has 3 aromatic heterocycles. The van der Waals surface area contributed by atoms with Crippen molar-refractivity contribution in [3.63, 3.8) is 0 Å². The molecule has 4 aromatic rings. The SMILES string of the molecule is COc1ccc(CNC(=O)CSCc2ccc(-c3nc(-c4ccncc4)no3)o2)cc1. The van der Waals surface area contributed by atoms with Crippen LogP contribution in [0.4, 0.5) is 0 Å². The first-order valence-electron chi connectivity index (χ1n) is 9.52. The maximum absolute atomic E-state index is 12.1. The highest BCUT2D eigenvalue weighted by Gasteiger charge is 2.14. The van der Waals surface area contributed by atoms with Crippen molar-refractivity contribution in [2.24, 2.45) is 0 Å². The van der Waals surface area contributed by atoms with Gasteiger partial charge < -0.3 is 19.0 Å². The van der Waals surface area contributed by atoms with Gasteiger partial charge in [0.25, 0.3) is 5.89 Å². The summed E-state index contributed by atoms with van der Waals surface area (Å²) >= 11 is 1.47. The molecule has 0 bridgehead atoms. The molecule has 8 nitrogen and oxygen atoms in total. The molecule has 0 radical (unpaired) electrons. The molecule has 4 rings (SSSR count). The van der Waals surface area contributed by atoms with Crippen LogP contribution < -0.4 is 10.1 Å². The van der Waals surface area contributed by atoms with Crippen molar-refractivity contribution in [3.05, 3.63) is 72.2 Å². The fraction of sp³-hybridized carbons (Fsp3) is 0.182. The molecule has 0 spiro atoms. The van der Waals surface area contributed by atoms with Crippen molar-refractivity contribution >= 4 is 17.7 Å².